The summed E-state index contributed by atoms with van der Waals surface area (Å²) >= 11 is 1.55. The number of carbonyl (C=O) groups excluding carboxylic acids is 1. The van der Waals surface area contributed by atoms with Crippen LogP contribution in [0, 0.1) is 0 Å². The molecule has 0 atom stereocenters. The molecule has 84 valence electrons. The highest BCUT2D eigenvalue weighted by Crippen LogP contribution is 2.00. The second kappa shape index (κ2) is 10.8. The van der Waals surface area contributed by atoms with Crippen molar-refractivity contribution in [3.05, 3.63) is 0 Å². The van der Waals surface area contributed by atoms with E-state index in [2.05, 4.69) is 5.32 Å². The molecule has 0 rings (SSSR count). The molecule has 0 radical (unpaired) electrons. The Balaban J connectivity index is 3.11. The zero-order valence-corrected chi connectivity index (χ0v) is 9.44. The van der Waals surface area contributed by atoms with Crippen molar-refractivity contribution in [2.45, 2.75) is 12.8 Å². The maximum Gasteiger partial charge on any atom is 0.229 e. The van der Waals surface area contributed by atoms with E-state index in [-0.39, 0.29) is 12.5 Å². The van der Waals surface area contributed by atoms with Crippen LogP contribution in [0.3, 0.4) is 0 Å². The van der Waals surface area contributed by atoms with Gasteiger partial charge in [-0.15, -0.1) is 0 Å². The van der Waals surface area contributed by atoms with Gasteiger partial charge in [0.15, 0.2) is 0 Å². The number of hydrogen-bond donors (Lipinski definition) is 2. The molecule has 0 fully saturated rings. The molecule has 5 heteroatoms. The van der Waals surface area contributed by atoms with Crippen LogP contribution in [0.15, 0.2) is 0 Å². The Morgan fingerprint density at radius 2 is 2.29 bits per heavy atom. The zero-order chi connectivity index (χ0) is 10.6. The number of carbonyl (C=O) groups is 1. The van der Waals surface area contributed by atoms with E-state index in [1.165, 1.54) is 0 Å². The summed E-state index contributed by atoms with van der Waals surface area (Å²) in [5.74, 6) is 1.37. The fourth-order valence-electron chi connectivity index (χ4n) is 0.827. The number of thioether (sulfide) groups is 1. The van der Waals surface area contributed by atoms with E-state index < -0.39 is 0 Å². The van der Waals surface area contributed by atoms with Crippen LogP contribution in [0.5, 0.6) is 0 Å². The Kier molecular flexibility index (Phi) is 10.6. The van der Waals surface area contributed by atoms with Gasteiger partial charge in [-0.05, 0) is 18.6 Å². The molecule has 0 aliphatic rings. The van der Waals surface area contributed by atoms with E-state index in [4.69, 9.17) is 9.84 Å². The minimum Gasteiger partial charge on any atom is -0.396 e. The van der Waals surface area contributed by atoms with Crippen molar-refractivity contribution in [1.82, 2.24) is 5.32 Å². The molecule has 0 aromatic rings. The van der Waals surface area contributed by atoms with Gasteiger partial charge in [0, 0.05) is 26.9 Å². The predicted octanol–water partition coefficient (Wildman–Crippen LogP) is 0.255. The maximum atomic E-state index is 11.1. The van der Waals surface area contributed by atoms with Crippen molar-refractivity contribution >= 4 is 17.7 Å². The van der Waals surface area contributed by atoms with Gasteiger partial charge < -0.3 is 15.2 Å². The summed E-state index contributed by atoms with van der Waals surface area (Å²) in [4.78, 5) is 11.1. The number of rotatable bonds is 9. The molecule has 0 unspecified atom stereocenters. The number of nitrogens with one attached hydrogen (secondary N) is 1. The standard InChI is InChI=1S/C9H19NO3S/c1-13-6-2-4-10-9(12)8-14-7-3-5-11/h11H,2-8H2,1H3,(H,10,12). The summed E-state index contributed by atoms with van der Waals surface area (Å²) in [6, 6.07) is 0. The first-order valence-corrected chi connectivity index (χ1v) is 5.91. The van der Waals surface area contributed by atoms with Crippen molar-refractivity contribution in [2.75, 3.05) is 38.4 Å². The topological polar surface area (TPSA) is 58.6 Å². The fourth-order valence-corrected chi connectivity index (χ4v) is 1.59. The second-order valence-corrected chi connectivity index (χ2v) is 3.93. The average molecular weight is 221 g/mol. The largest absolute Gasteiger partial charge is 0.396 e. The molecule has 4 nitrogen and oxygen atoms in total. The smallest absolute Gasteiger partial charge is 0.229 e. The van der Waals surface area contributed by atoms with Crippen LogP contribution in [0.25, 0.3) is 0 Å². The number of aliphatic hydroxyl groups is 1. The zero-order valence-electron chi connectivity index (χ0n) is 8.62. The Bertz CT molecular complexity index is 130. The summed E-state index contributed by atoms with van der Waals surface area (Å²) < 4.78 is 4.85. The van der Waals surface area contributed by atoms with Crippen LogP contribution in [0.2, 0.25) is 0 Å². The van der Waals surface area contributed by atoms with Gasteiger partial charge in [-0.2, -0.15) is 11.8 Å². The van der Waals surface area contributed by atoms with E-state index in [0.29, 0.717) is 18.9 Å². The molecule has 0 spiro atoms. The van der Waals surface area contributed by atoms with Crippen LogP contribution >= 0.6 is 11.8 Å². The van der Waals surface area contributed by atoms with Gasteiger partial charge >= 0.3 is 0 Å². The number of ether oxygens (including phenoxy) is 1. The van der Waals surface area contributed by atoms with Gasteiger partial charge in [-0.1, -0.05) is 0 Å². The van der Waals surface area contributed by atoms with Crippen LogP contribution < -0.4 is 5.32 Å². The highest BCUT2D eigenvalue weighted by molar-refractivity contribution is 7.99. The maximum absolute atomic E-state index is 11.1. The normalized spacial score (nSPS) is 10.1. The summed E-state index contributed by atoms with van der Waals surface area (Å²) in [5, 5.41) is 11.3. The second-order valence-electron chi connectivity index (χ2n) is 2.83. The lowest BCUT2D eigenvalue weighted by Gasteiger charge is -2.04. The van der Waals surface area contributed by atoms with Crippen molar-refractivity contribution in [3.63, 3.8) is 0 Å². The van der Waals surface area contributed by atoms with Crippen LogP contribution in [-0.2, 0) is 9.53 Å². The number of hydrogen-bond acceptors (Lipinski definition) is 4. The molecule has 14 heavy (non-hydrogen) atoms. The molecule has 0 heterocycles. The van der Waals surface area contributed by atoms with Crippen molar-refractivity contribution in [2.24, 2.45) is 0 Å². The van der Waals surface area contributed by atoms with E-state index in [0.717, 1.165) is 18.6 Å². The number of aliphatic hydroxyl groups excluding tert-OH is 1. The molecule has 0 saturated heterocycles. The van der Waals surface area contributed by atoms with Crippen molar-refractivity contribution in [1.29, 1.82) is 0 Å². The third kappa shape index (κ3) is 9.83. The molecule has 0 bridgehead atoms. The predicted molar refractivity (Wildman–Crippen MR) is 58.5 cm³/mol. The minimum absolute atomic E-state index is 0.0593. The molecule has 0 aromatic carbocycles. The van der Waals surface area contributed by atoms with E-state index >= 15 is 0 Å². The lowest BCUT2D eigenvalue weighted by molar-refractivity contribution is -0.118. The van der Waals surface area contributed by atoms with Crippen molar-refractivity contribution < 1.29 is 14.6 Å². The summed E-state index contributed by atoms with van der Waals surface area (Å²) in [7, 11) is 1.65. The van der Waals surface area contributed by atoms with Gasteiger partial charge in [-0.25, -0.2) is 0 Å². The summed E-state index contributed by atoms with van der Waals surface area (Å²) in [6.07, 6.45) is 1.60. The van der Waals surface area contributed by atoms with Crippen LogP contribution in [0.4, 0.5) is 0 Å². The molecule has 0 saturated carbocycles. The first-order chi connectivity index (χ1) is 6.81. The van der Waals surface area contributed by atoms with Gasteiger partial charge in [-0.3, -0.25) is 4.79 Å². The average Bonchev–Trinajstić information content (AvgIpc) is 2.19. The van der Waals surface area contributed by atoms with Crippen LogP contribution in [-0.4, -0.2) is 49.4 Å². The first kappa shape index (κ1) is 13.7. The number of methoxy groups -OCH3 is 1. The Hall–Kier alpha value is -0.260. The van der Waals surface area contributed by atoms with Crippen molar-refractivity contribution in [3.8, 4) is 0 Å². The summed E-state index contributed by atoms with van der Waals surface area (Å²) in [6.45, 7) is 1.55. The van der Waals surface area contributed by atoms with E-state index in [1.807, 2.05) is 0 Å². The molecule has 0 aliphatic heterocycles. The molecular weight excluding hydrogens is 202 g/mol. The molecule has 0 aromatic heterocycles. The van der Waals surface area contributed by atoms with Gasteiger partial charge in [0.2, 0.25) is 5.91 Å². The Morgan fingerprint density at radius 1 is 1.50 bits per heavy atom. The fraction of sp³-hybridized carbons (Fsp3) is 0.889. The SMILES string of the molecule is COCCCNC(=O)CSCCCO. The Morgan fingerprint density at radius 3 is 2.93 bits per heavy atom. The van der Waals surface area contributed by atoms with Gasteiger partial charge in [0.1, 0.15) is 0 Å². The first-order valence-electron chi connectivity index (χ1n) is 4.75. The molecular formula is C9H19NO3S. The molecule has 1 amide bonds. The van der Waals surface area contributed by atoms with Crippen LogP contribution in [0.1, 0.15) is 12.8 Å². The van der Waals surface area contributed by atoms with Gasteiger partial charge in [0.25, 0.3) is 0 Å². The molecule has 2 N–H and O–H groups in total. The van der Waals surface area contributed by atoms with Gasteiger partial charge in [0.05, 0.1) is 5.75 Å². The highest BCUT2D eigenvalue weighted by Gasteiger charge is 1.99. The third-order valence-electron chi connectivity index (χ3n) is 1.53. The van der Waals surface area contributed by atoms with E-state index in [1.54, 1.807) is 18.9 Å². The van der Waals surface area contributed by atoms with E-state index in [9.17, 15) is 4.79 Å². The lowest BCUT2D eigenvalue weighted by Crippen LogP contribution is -2.26. The minimum atomic E-state index is 0.0593. The lowest BCUT2D eigenvalue weighted by atomic mass is 10.4. The monoisotopic (exact) mass is 221 g/mol. The Labute approximate surface area is 89.4 Å². The molecule has 0 aliphatic carbocycles. The quantitative estimate of drug-likeness (QED) is 0.548. The number of amides is 1. The highest BCUT2D eigenvalue weighted by atomic mass is 32.2. The third-order valence-corrected chi connectivity index (χ3v) is 2.57. The summed E-state index contributed by atoms with van der Waals surface area (Å²) in [5.41, 5.74) is 0.